The number of carbonyl (C=O) groups is 1. The van der Waals surface area contributed by atoms with Crippen molar-refractivity contribution in [3.63, 3.8) is 0 Å². The summed E-state index contributed by atoms with van der Waals surface area (Å²) in [7, 11) is -1.22. The minimum absolute atomic E-state index is 0.0374. The first-order valence-electron chi connectivity index (χ1n) is 5.78. The van der Waals surface area contributed by atoms with Crippen LogP contribution in [0.5, 0.6) is 0 Å². The van der Waals surface area contributed by atoms with Crippen LogP contribution in [0.25, 0.3) is 0 Å². The van der Waals surface area contributed by atoms with E-state index in [4.69, 9.17) is 9.26 Å². The van der Waals surface area contributed by atoms with E-state index in [1.54, 1.807) is 13.0 Å². The minimum atomic E-state index is -1.22. The maximum Gasteiger partial charge on any atom is 0.238 e. The summed E-state index contributed by atoms with van der Waals surface area (Å²) in [4.78, 5) is 11.7. The van der Waals surface area contributed by atoms with Crippen molar-refractivity contribution >= 4 is 22.5 Å². The molecule has 3 atom stereocenters. The second-order valence-corrected chi connectivity index (χ2v) is 5.95. The van der Waals surface area contributed by atoms with Gasteiger partial charge in [-0.15, -0.1) is 0 Å². The van der Waals surface area contributed by atoms with Gasteiger partial charge in [0.15, 0.2) is 5.82 Å². The van der Waals surface area contributed by atoms with E-state index in [9.17, 15) is 9.00 Å². The third kappa shape index (κ3) is 3.17. The summed E-state index contributed by atoms with van der Waals surface area (Å²) in [5.41, 5.74) is 0. The summed E-state index contributed by atoms with van der Waals surface area (Å²) in [5, 5.41) is 6.14. The molecule has 0 saturated carbocycles. The minimum Gasteiger partial charge on any atom is -0.377 e. The van der Waals surface area contributed by atoms with Crippen molar-refractivity contribution < 1.29 is 18.3 Å². The molecule has 2 heterocycles. The van der Waals surface area contributed by atoms with Crippen molar-refractivity contribution in [1.29, 1.82) is 0 Å². The quantitative estimate of drug-likeness (QED) is 0.878. The van der Waals surface area contributed by atoms with Crippen molar-refractivity contribution in [2.45, 2.75) is 31.6 Å². The number of nitrogens with zero attached hydrogens (tertiary/aromatic N) is 1. The highest BCUT2D eigenvalue weighted by atomic mass is 32.2. The lowest BCUT2D eigenvalue weighted by atomic mass is 10.3. The normalized spacial score (nSPS) is 25.0. The number of ether oxygens (including phenoxy) is 1. The van der Waals surface area contributed by atoms with Crippen LogP contribution in [0.15, 0.2) is 10.6 Å². The summed E-state index contributed by atoms with van der Waals surface area (Å²) in [6, 6.07) is 1.61. The number of nitrogens with one attached hydrogen (secondary N) is 1. The second-order valence-electron chi connectivity index (χ2n) is 4.30. The standard InChI is InChI=1S/C11H16N2O4S/c1-7-5-10(13-17-7)12-11(14)6-18(15)9-3-4-16-8(9)2/h5,8-9H,3-4,6H2,1-2H3,(H,12,13,14). The molecule has 3 unspecified atom stereocenters. The van der Waals surface area contributed by atoms with Gasteiger partial charge in [0.25, 0.3) is 0 Å². The number of amides is 1. The van der Waals surface area contributed by atoms with Gasteiger partial charge in [0.05, 0.1) is 11.4 Å². The summed E-state index contributed by atoms with van der Waals surface area (Å²) in [6.45, 7) is 4.23. The number of hydrogen-bond acceptors (Lipinski definition) is 5. The van der Waals surface area contributed by atoms with Crippen LogP contribution in [-0.2, 0) is 20.3 Å². The molecule has 1 amide bonds. The Kier molecular flexibility index (Phi) is 4.13. The van der Waals surface area contributed by atoms with Crippen molar-refractivity contribution in [2.24, 2.45) is 0 Å². The fraction of sp³-hybridized carbons (Fsp3) is 0.636. The first kappa shape index (κ1) is 13.2. The zero-order valence-corrected chi connectivity index (χ0v) is 11.2. The lowest BCUT2D eigenvalue weighted by Crippen LogP contribution is -2.30. The van der Waals surface area contributed by atoms with Gasteiger partial charge in [-0.1, -0.05) is 5.16 Å². The SMILES string of the molecule is Cc1cc(NC(=O)CS(=O)C2CCOC2C)no1. The van der Waals surface area contributed by atoms with E-state index in [1.165, 1.54) is 0 Å². The van der Waals surface area contributed by atoms with E-state index < -0.39 is 10.8 Å². The molecule has 1 N–H and O–H groups in total. The molecule has 1 aromatic rings. The number of rotatable bonds is 4. The van der Waals surface area contributed by atoms with Gasteiger partial charge >= 0.3 is 0 Å². The molecule has 1 fully saturated rings. The molecule has 100 valence electrons. The molecule has 0 aromatic carbocycles. The van der Waals surface area contributed by atoms with Crippen LogP contribution in [0, 0.1) is 6.92 Å². The highest BCUT2D eigenvalue weighted by Gasteiger charge is 2.30. The third-order valence-electron chi connectivity index (χ3n) is 2.81. The number of aryl methyl sites for hydroxylation is 1. The van der Waals surface area contributed by atoms with Crippen LogP contribution in [0.4, 0.5) is 5.82 Å². The molecule has 18 heavy (non-hydrogen) atoms. The monoisotopic (exact) mass is 272 g/mol. The van der Waals surface area contributed by atoms with E-state index in [0.717, 1.165) is 6.42 Å². The molecule has 0 aliphatic carbocycles. The average molecular weight is 272 g/mol. The molecule has 7 heteroatoms. The molecule has 0 bridgehead atoms. The first-order valence-corrected chi connectivity index (χ1v) is 7.16. The van der Waals surface area contributed by atoms with E-state index in [0.29, 0.717) is 18.2 Å². The Morgan fingerprint density at radius 2 is 2.44 bits per heavy atom. The van der Waals surface area contributed by atoms with Crippen LogP contribution in [0.2, 0.25) is 0 Å². The van der Waals surface area contributed by atoms with E-state index in [2.05, 4.69) is 10.5 Å². The van der Waals surface area contributed by atoms with Gasteiger partial charge in [0.1, 0.15) is 11.5 Å². The second kappa shape index (κ2) is 5.62. The number of carbonyl (C=O) groups excluding carboxylic acids is 1. The molecular formula is C11H16N2O4S. The summed E-state index contributed by atoms with van der Waals surface area (Å²) in [5.74, 6) is 0.611. The summed E-state index contributed by atoms with van der Waals surface area (Å²) < 4.78 is 22.2. The maximum atomic E-state index is 12.0. The van der Waals surface area contributed by atoms with Crippen molar-refractivity contribution in [3.8, 4) is 0 Å². The molecule has 6 nitrogen and oxygen atoms in total. The Hall–Kier alpha value is -1.21. The van der Waals surface area contributed by atoms with Gasteiger partial charge in [-0.05, 0) is 20.3 Å². The lowest BCUT2D eigenvalue weighted by Gasteiger charge is -2.12. The largest absolute Gasteiger partial charge is 0.377 e. The van der Waals surface area contributed by atoms with Crippen LogP contribution < -0.4 is 5.32 Å². The van der Waals surface area contributed by atoms with Crippen LogP contribution in [-0.4, -0.2) is 39.0 Å². The van der Waals surface area contributed by atoms with Crippen molar-refractivity contribution in [2.75, 3.05) is 17.7 Å². The lowest BCUT2D eigenvalue weighted by molar-refractivity contribution is -0.113. The number of aromatic nitrogens is 1. The molecule has 0 radical (unpaired) electrons. The highest BCUT2D eigenvalue weighted by Crippen LogP contribution is 2.19. The van der Waals surface area contributed by atoms with E-state index >= 15 is 0 Å². The third-order valence-corrected chi connectivity index (χ3v) is 4.65. The van der Waals surface area contributed by atoms with Crippen LogP contribution >= 0.6 is 0 Å². The highest BCUT2D eigenvalue weighted by molar-refractivity contribution is 7.86. The predicted octanol–water partition coefficient (Wildman–Crippen LogP) is 0.848. The topological polar surface area (TPSA) is 81.4 Å². The Bertz CT molecular complexity index is 460. The fourth-order valence-electron chi connectivity index (χ4n) is 1.90. The maximum absolute atomic E-state index is 12.0. The molecular weight excluding hydrogens is 256 g/mol. The van der Waals surface area contributed by atoms with Crippen LogP contribution in [0.1, 0.15) is 19.1 Å². The smallest absolute Gasteiger partial charge is 0.238 e. The molecule has 2 rings (SSSR count). The van der Waals surface area contributed by atoms with Gasteiger partial charge in [0, 0.05) is 23.5 Å². The molecule has 1 aromatic heterocycles. The van der Waals surface area contributed by atoms with Gasteiger partial charge in [-0.2, -0.15) is 0 Å². The van der Waals surface area contributed by atoms with Gasteiger partial charge in [-0.3, -0.25) is 9.00 Å². The van der Waals surface area contributed by atoms with Gasteiger partial charge in [0.2, 0.25) is 5.91 Å². The number of anilines is 1. The molecule has 1 aliphatic heterocycles. The number of hydrogen-bond donors (Lipinski definition) is 1. The van der Waals surface area contributed by atoms with Gasteiger partial charge < -0.3 is 14.6 Å². The van der Waals surface area contributed by atoms with Crippen molar-refractivity contribution in [3.05, 3.63) is 11.8 Å². The zero-order valence-electron chi connectivity index (χ0n) is 10.3. The fourth-order valence-corrected chi connectivity index (χ4v) is 3.31. The summed E-state index contributed by atoms with van der Waals surface area (Å²) in [6.07, 6.45) is 0.692. The first-order chi connectivity index (χ1) is 8.56. The Labute approximate surface area is 108 Å². The Morgan fingerprint density at radius 1 is 1.67 bits per heavy atom. The Morgan fingerprint density at radius 3 is 3.00 bits per heavy atom. The van der Waals surface area contributed by atoms with Crippen molar-refractivity contribution in [1.82, 2.24) is 5.16 Å². The van der Waals surface area contributed by atoms with Gasteiger partial charge in [-0.25, -0.2) is 0 Å². The molecule has 0 spiro atoms. The van der Waals surface area contributed by atoms with E-state index in [-0.39, 0.29) is 23.0 Å². The Balaban J connectivity index is 1.85. The zero-order chi connectivity index (χ0) is 13.1. The van der Waals surface area contributed by atoms with Crippen LogP contribution in [0.3, 0.4) is 0 Å². The average Bonchev–Trinajstić information content (AvgIpc) is 2.87. The predicted molar refractivity (Wildman–Crippen MR) is 66.7 cm³/mol. The van der Waals surface area contributed by atoms with E-state index in [1.807, 2.05) is 6.92 Å². The summed E-state index contributed by atoms with van der Waals surface area (Å²) >= 11 is 0. The molecule has 1 aliphatic rings. The molecule has 1 saturated heterocycles.